The van der Waals surface area contributed by atoms with Crippen molar-refractivity contribution in [3.05, 3.63) is 50.4 Å². The van der Waals surface area contributed by atoms with Crippen LogP contribution in [-0.2, 0) is 6.42 Å². The molecule has 114 valence electrons. The number of thiophene rings is 1. The SMILES string of the molecule is Cc1ccnc2c1/C(=N/N=C(N)N)CC(c1sccc1Cl)C2. The minimum absolute atomic E-state index is 0.0492. The van der Waals surface area contributed by atoms with Crippen molar-refractivity contribution in [2.24, 2.45) is 21.7 Å². The molecule has 5 nitrogen and oxygen atoms in total. The van der Waals surface area contributed by atoms with E-state index in [-0.39, 0.29) is 11.9 Å². The van der Waals surface area contributed by atoms with Gasteiger partial charge in [0.15, 0.2) is 0 Å². The fraction of sp³-hybridized carbons (Fsp3) is 0.267. The molecule has 1 atom stereocenters. The predicted molar refractivity (Wildman–Crippen MR) is 91.7 cm³/mol. The largest absolute Gasteiger partial charge is 0.369 e. The van der Waals surface area contributed by atoms with E-state index in [1.807, 2.05) is 30.6 Å². The minimum Gasteiger partial charge on any atom is -0.369 e. The highest BCUT2D eigenvalue weighted by Gasteiger charge is 2.29. The summed E-state index contributed by atoms with van der Waals surface area (Å²) in [6.45, 7) is 2.05. The van der Waals surface area contributed by atoms with Gasteiger partial charge in [0.2, 0.25) is 5.96 Å². The zero-order valence-corrected chi connectivity index (χ0v) is 13.7. The Bertz CT molecular complexity index is 761. The number of aryl methyl sites for hydroxylation is 1. The van der Waals surface area contributed by atoms with E-state index in [2.05, 4.69) is 15.2 Å². The van der Waals surface area contributed by atoms with Crippen molar-refractivity contribution in [2.75, 3.05) is 0 Å². The van der Waals surface area contributed by atoms with Gasteiger partial charge in [0.05, 0.1) is 16.4 Å². The Balaban J connectivity index is 2.08. The lowest BCUT2D eigenvalue weighted by Gasteiger charge is -2.25. The summed E-state index contributed by atoms with van der Waals surface area (Å²) in [7, 11) is 0. The Kier molecular flexibility index (Phi) is 4.13. The van der Waals surface area contributed by atoms with E-state index in [1.54, 1.807) is 11.3 Å². The normalized spacial score (nSPS) is 19.0. The van der Waals surface area contributed by atoms with Crippen molar-refractivity contribution in [2.45, 2.75) is 25.7 Å². The van der Waals surface area contributed by atoms with E-state index >= 15 is 0 Å². The molecule has 0 bridgehead atoms. The Hall–Kier alpha value is -1.92. The van der Waals surface area contributed by atoms with Crippen LogP contribution in [0.4, 0.5) is 0 Å². The van der Waals surface area contributed by atoms with Crippen molar-refractivity contribution >= 4 is 34.6 Å². The van der Waals surface area contributed by atoms with Crippen LogP contribution in [0.2, 0.25) is 5.02 Å². The van der Waals surface area contributed by atoms with Crippen LogP contribution in [0, 0.1) is 6.92 Å². The van der Waals surface area contributed by atoms with Gasteiger partial charge in [-0.15, -0.1) is 16.4 Å². The van der Waals surface area contributed by atoms with Gasteiger partial charge in [-0.3, -0.25) is 4.98 Å². The van der Waals surface area contributed by atoms with Crippen molar-refractivity contribution < 1.29 is 0 Å². The molecule has 0 aliphatic heterocycles. The summed E-state index contributed by atoms with van der Waals surface area (Å²) < 4.78 is 0. The summed E-state index contributed by atoms with van der Waals surface area (Å²) >= 11 is 7.95. The monoisotopic (exact) mass is 333 g/mol. The van der Waals surface area contributed by atoms with Crippen molar-refractivity contribution in [3.63, 3.8) is 0 Å². The lowest BCUT2D eigenvalue weighted by atomic mass is 9.83. The first-order chi connectivity index (χ1) is 10.6. The molecular formula is C15H16ClN5S. The number of guanidine groups is 1. The summed E-state index contributed by atoms with van der Waals surface area (Å²) in [4.78, 5) is 5.68. The third-order valence-corrected chi connectivity index (χ3v) is 5.23. The summed E-state index contributed by atoms with van der Waals surface area (Å²) in [5, 5.41) is 10.9. The third-order valence-electron chi connectivity index (χ3n) is 3.71. The Labute approximate surface area is 137 Å². The Morgan fingerprint density at radius 3 is 2.86 bits per heavy atom. The third kappa shape index (κ3) is 2.84. The maximum absolute atomic E-state index is 6.29. The highest BCUT2D eigenvalue weighted by Crippen LogP contribution is 2.39. The number of rotatable bonds is 2. The first kappa shape index (κ1) is 15.0. The zero-order valence-electron chi connectivity index (χ0n) is 12.1. The molecule has 1 aliphatic carbocycles. The summed E-state index contributed by atoms with van der Waals surface area (Å²) in [5.74, 6) is 0.203. The number of pyridine rings is 1. The number of fused-ring (bicyclic) bond motifs is 1. The van der Waals surface area contributed by atoms with Crippen LogP contribution in [0.5, 0.6) is 0 Å². The van der Waals surface area contributed by atoms with Crippen LogP contribution < -0.4 is 11.5 Å². The molecule has 0 saturated heterocycles. The lowest BCUT2D eigenvalue weighted by Crippen LogP contribution is -2.24. The van der Waals surface area contributed by atoms with E-state index in [0.29, 0.717) is 0 Å². The molecular weight excluding hydrogens is 318 g/mol. The summed E-state index contributed by atoms with van der Waals surface area (Å²) in [6.07, 6.45) is 3.42. The Morgan fingerprint density at radius 1 is 1.36 bits per heavy atom. The first-order valence-electron chi connectivity index (χ1n) is 6.89. The van der Waals surface area contributed by atoms with Crippen LogP contribution in [0.25, 0.3) is 0 Å². The number of nitrogens with zero attached hydrogens (tertiary/aromatic N) is 3. The van der Waals surface area contributed by atoms with Gasteiger partial charge in [-0.1, -0.05) is 11.6 Å². The molecule has 1 aliphatic rings. The summed E-state index contributed by atoms with van der Waals surface area (Å²) in [5.41, 5.74) is 14.9. The van der Waals surface area contributed by atoms with Crippen LogP contribution in [0.3, 0.4) is 0 Å². The standard InChI is InChI=1S/C15H16ClN5S/c1-8-2-4-19-11-6-9(14-10(16)3-5-22-14)7-12(13(8)11)20-21-15(17)18/h2-5,9H,6-7H2,1H3,(H4,17,18,21)/b20-12+. The average molecular weight is 334 g/mol. The molecule has 0 radical (unpaired) electrons. The van der Waals surface area contributed by atoms with Crippen LogP contribution in [-0.4, -0.2) is 16.7 Å². The van der Waals surface area contributed by atoms with E-state index in [1.165, 1.54) is 0 Å². The number of hydrogen-bond donors (Lipinski definition) is 2. The van der Waals surface area contributed by atoms with E-state index < -0.39 is 0 Å². The smallest absolute Gasteiger partial charge is 0.211 e. The molecule has 22 heavy (non-hydrogen) atoms. The quantitative estimate of drug-likeness (QED) is 0.503. The molecule has 0 aromatic carbocycles. The maximum Gasteiger partial charge on any atom is 0.211 e. The average Bonchev–Trinajstić information content (AvgIpc) is 2.90. The van der Waals surface area contributed by atoms with Crippen LogP contribution in [0.1, 0.15) is 34.0 Å². The molecule has 2 aromatic rings. The highest BCUT2D eigenvalue weighted by atomic mass is 35.5. The Morgan fingerprint density at radius 2 is 2.18 bits per heavy atom. The maximum atomic E-state index is 6.29. The second-order valence-corrected chi connectivity index (χ2v) is 6.61. The van der Waals surface area contributed by atoms with Gasteiger partial charge in [0.25, 0.3) is 0 Å². The molecule has 3 rings (SSSR count). The van der Waals surface area contributed by atoms with Gasteiger partial charge in [0.1, 0.15) is 0 Å². The fourth-order valence-corrected chi connectivity index (χ4v) is 4.11. The number of hydrogen-bond acceptors (Lipinski definition) is 4. The van der Waals surface area contributed by atoms with Gasteiger partial charge in [-0.25, -0.2) is 0 Å². The molecule has 1 unspecified atom stereocenters. The number of nitrogens with two attached hydrogens (primary N) is 2. The minimum atomic E-state index is -0.0492. The molecule has 0 fully saturated rings. The molecule has 0 saturated carbocycles. The first-order valence-corrected chi connectivity index (χ1v) is 8.15. The topological polar surface area (TPSA) is 89.6 Å². The molecule has 7 heteroatoms. The van der Waals surface area contributed by atoms with Crippen LogP contribution in [0.15, 0.2) is 33.9 Å². The second-order valence-electron chi connectivity index (χ2n) is 5.26. The molecule has 0 spiro atoms. The van der Waals surface area contributed by atoms with Gasteiger partial charge in [-0.2, -0.15) is 5.10 Å². The van der Waals surface area contributed by atoms with E-state index in [4.69, 9.17) is 23.1 Å². The van der Waals surface area contributed by atoms with Gasteiger partial charge < -0.3 is 11.5 Å². The lowest BCUT2D eigenvalue weighted by molar-refractivity contribution is 0.689. The highest BCUT2D eigenvalue weighted by molar-refractivity contribution is 7.10. The molecule has 2 aromatic heterocycles. The van der Waals surface area contributed by atoms with Gasteiger partial charge >= 0.3 is 0 Å². The number of aromatic nitrogens is 1. The predicted octanol–water partition coefficient (Wildman–Crippen LogP) is 2.81. The fourth-order valence-electron chi connectivity index (χ4n) is 2.80. The van der Waals surface area contributed by atoms with Gasteiger partial charge in [0, 0.05) is 29.0 Å². The van der Waals surface area contributed by atoms with E-state index in [0.717, 1.165) is 45.3 Å². The van der Waals surface area contributed by atoms with Gasteiger partial charge in [-0.05, 0) is 36.4 Å². The van der Waals surface area contributed by atoms with Crippen molar-refractivity contribution in [1.29, 1.82) is 0 Å². The second kappa shape index (κ2) is 6.06. The summed E-state index contributed by atoms with van der Waals surface area (Å²) in [6, 6.07) is 3.90. The van der Waals surface area contributed by atoms with Crippen LogP contribution >= 0.6 is 22.9 Å². The van der Waals surface area contributed by atoms with E-state index in [9.17, 15) is 0 Å². The van der Waals surface area contributed by atoms with Crippen molar-refractivity contribution in [1.82, 2.24) is 4.98 Å². The number of halogens is 1. The molecule has 2 heterocycles. The zero-order chi connectivity index (χ0) is 15.7. The molecule has 0 amide bonds. The van der Waals surface area contributed by atoms with Crippen molar-refractivity contribution in [3.8, 4) is 0 Å². The molecule has 4 N–H and O–H groups in total.